The van der Waals surface area contributed by atoms with Crippen LogP contribution in [-0.4, -0.2) is 0 Å². The van der Waals surface area contributed by atoms with Gasteiger partial charge in [0.2, 0.25) is 0 Å². The number of benzene rings is 8. The van der Waals surface area contributed by atoms with Crippen LogP contribution < -0.4 is 0 Å². The van der Waals surface area contributed by atoms with Gasteiger partial charge in [-0.25, -0.2) is 0 Å². The Bertz CT molecular complexity index is 2690. The smallest absolute Gasteiger partial charge is 0.135 e. The fourth-order valence-electron chi connectivity index (χ4n) is 6.66. The molecule has 9 rings (SSSR count). The molecule has 0 bridgehead atoms. The molecule has 0 saturated heterocycles. The van der Waals surface area contributed by atoms with Crippen LogP contribution in [-0.2, 0) is 0 Å². The molecule has 1 heterocycles. The van der Waals surface area contributed by atoms with Gasteiger partial charge in [0.05, 0.1) is 5.48 Å². The standard InChI is InChI=1S/C44H28O/c1-2-11-29(12-3-1)32-13-10-14-34(27-32)44-38-18-6-4-16-36(38)43(37-17-5-7-19-39(37)44)31-23-21-30(22-24-31)33-25-26-42-40(28-33)35-15-8-9-20-41(35)45-42/h1-28H/i10D,13D,14D,27D. The monoisotopic (exact) mass is 576 g/mol. The van der Waals surface area contributed by atoms with E-state index in [1.165, 1.54) is 0 Å². The Morgan fingerprint density at radius 3 is 1.53 bits per heavy atom. The van der Waals surface area contributed by atoms with Gasteiger partial charge in [-0.05, 0) is 90.3 Å². The SMILES string of the molecule is [2H]c1c([2H])c(-c2ccccc2)c([2H])c(-c2c3ccccc3c(-c3ccc(-c4ccc5oc6ccccc6c5c4)cc3)c3ccccc23)c1[2H]. The van der Waals surface area contributed by atoms with Gasteiger partial charge in [-0.15, -0.1) is 0 Å². The van der Waals surface area contributed by atoms with Crippen LogP contribution in [0.15, 0.2) is 174 Å². The summed E-state index contributed by atoms with van der Waals surface area (Å²) < 4.78 is 42.2. The highest BCUT2D eigenvalue weighted by Crippen LogP contribution is 2.44. The number of furan rings is 1. The molecule has 0 unspecified atom stereocenters. The van der Waals surface area contributed by atoms with E-state index >= 15 is 0 Å². The van der Waals surface area contributed by atoms with Crippen LogP contribution in [0, 0.1) is 0 Å². The Morgan fingerprint density at radius 1 is 0.356 bits per heavy atom. The minimum Gasteiger partial charge on any atom is -0.456 e. The van der Waals surface area contributed by atoms with E-state index in [4.69, 9.17) is 8.53 Å². The van der Waals surface area contributed by atoms with Crippen LogP contribution in [0.25, 0.3) is 88.0 Å². The Hall–Kier alpha value is -5.92. The summed E-state index contributed by atoms with van der Waals surface area (Å²) in [5.74, 6) is 0. The van der Waals surface area contributed by atoms with Crippen molar-refractivity contribution in [3.05, 3.63) is 170 Å². The highest BCUT2D eigenvalue weighted by Gasteiger charge is 2.17. The Kier molecular flexibility index (Phi) is 5.00. The first-order chi connectivity index (χ1) is 24.0. The third-order valence-electron chi connectivity index (χ3n) is 8.75. The van der Waals surface area contributed by atoms with Crippen LogP contribution in [0.3, 0.4) is 0 Å². The second-order valence-corrected chi connectivity index (χ2v) is 11.3. The van der Waals surface area contributed by atoms with Crippen molar-refractivity contribution in [2.24, 2.45) is 0 Å². The van der Waals surface area contributed by atoms with Crippen LogP contribution in [0.2, 0.25) is 0 Å². The summed E-state index contributed by atoms with van der Waals surface area (Å²) >= 11 is 0. The number of para-hydroxylation sites is 1. The molecule has 0 saturated carbocycles. The second kappa shape index (κ2) is 10.4. The number of hydrogen-bond donors (Lipinski definition) is 0. The fourth-order valence-corrected chi connectivity index (χ4v) is 6.66. The summed E-state index contributed by atoms with van der Waals surface area (Å²) in [4.78, 5) is 0. The Labute approximate surface area is 267 Å². The maximum Gasteiger partial charge on any atom is 0.135 e. The molecule has 0 aliphatic rings. The summed E-state index contributed by atoms with van der Waals surface area (Å²) in [6, 6.07) is 48.4. The van der Waals surface area contributed by atoms with E-state index < -0.39 is 0 Å². The minimum atomic E-state index is -0.181. The molecule has 45 heavy (non-hydrogen) atoms. The molecule has 9 aromatic rings. The molecule has 8 aromatic carbocycles. The number of hydrogen-bond acceptors (Lipinski definition) is 1. The van der Waals surface area contributed by atoms with Crippen LogP contribution in [0.5, 0.6) is 0 Å². The first kappa shape index (κ1) is 21.7. The molecule has 1 heteroatoms. The molecule has 0 N–H and O–H groups in total. The highest BCUT2D eigenvalue weighted by molar-refractivity contribution is 6.21. The van der Waals surface area contributed by atoms with E-state index in [-0.39, 0.29) is 24.2 Å². The van der Waals surface area contributed by atoms with E-state index in [0.29, 0.717) is 16.7 Å². The van der Waals surface area contributed by atoms with E-state index in [1.54, 1.807) is 0 Å². The van der Waals surface area contributed by atoms with Gasteiger partial charge in [0.15, 0.2) is 0 Å². The maximum absolute atomic E-state index is 9.43. The molecule has 0 fully saturated rings. The molecular formula is C44H28O. The fraction of sp³-hybridized carbons (Fsp3) is 0. The van der Waals surface area contributed by atoms with Gasteiger partial charge in [0.1, 0.15) is 11.2 Å². The molecule has 1 nitrogen and oxygen atoms in total. The van der Waals surface area contributed by atoms with Gasteiger partial charge >= 0.3 is 0 Å². The lowest BCUT2D eigenvalue weighted by Crippen LogP contribution is -1.91. The summed E-state index contributed by atoms with van der Waals surface area (Å²) in [5, 5.41) is 5.99. The van der Waals surface area contributed by atoms with Crippen molar-refractivity contribution < 1.29 is 9.90 Å². The number of fused-ring (bicyclic) bond motifs is 5. The molecule has 1 aromatic heterocycles. The molecule has 0 atom stereocenters. The lowest BCUT2D eigenvalue weighted by molar-refractivity contribution is 0.669. The second-order valence-electron chi connectivity index (χ2n) is 11.3. The van der Waals surface area contributed by atoms with Crippen LogP contribution in [0.1, 0.15) is 5.48 Å². The van der Waals surface area contributed by atoms with Crippen molar-refractivity contribution in [3.63, 3.8) is 0 Å². The van der Waals surface area contributed by atoms with Crippen molar-refractivity contribution in [2.75, 3.05) is 0 Å². The predicted molar refractivity (Wildman–Crippen MR) is 190 cm³/mol. The van der Waals surface area contributed by atoms with E-state index in [0.717, 1.165) is 71.3 Å². The van der Waals surface area contributed by atoms with Gasteiger partial charge in [-0.1, -0.05) is 146 Å². The third kappa shape index (κ3) is 4.24. The molecule has 0 aliphatic carbocycles. The van der Waals surface area contributed by atoms with E-state index in [2.05, 4.69) is 54.6 Å². The largest absolute Gasteiger partial charge is 0.456 e. The predicted octanol–water partition coefficient (Wildman–Crippen LogP) is 12.6. The lowest BCUT2D eigenvalue weighted by Gasteiger charge is -2.18. The number of rotatable bonds is 4. The zero-order valence-electron chi connectivity index (χ0n) is 28.3. The quantitative estimate of drug-likeness (QED) is 0.190. The van der Waals surface area contributed by atoms with Gasteiger partial charge in [0.25, 0.3) is 0 Å². The Balaban J connectivity index is 1.26. The Morgan fingerprint density at radius 2 is 0.844 bits per heavy atom. The molecule has 0 spiro atoms. The van der Waals surface area contributed by atoms with Gasteiger partial charge < -0.3 is 4.42 Å². The van der Waals surface area contributed by atoms with Gasteiger partial charge in [-0.2, -0.15) is 0 Å². The van der Waals surface area contributed by atoms with Gasteiger partial charge in [-0.3, -0.25) is 0 Å². The highest BCUT2D eigenvalue weighted by atomic mass is 16.3. The molecule has 0 amide bonds. The maximum atomic E-state index is 9.43. The first-order valence-electron chi connectivity index (χ1n) is 17.1. The summed E-state index contributed by atoms with van der Waals surface area (Å²) in [6.45, 7) is 0. The molecule has 0 radical (unpaired) electrons. The molecule has 0 aliphatic heterocycles. The third-order valence-corrected chi connectivity index (χ3v) is 8.75. The van der Waals surface area contributed by atoms with Crippen molar-refractivity contribution >= 4 is 43.5 Å². The van der Waals surface area contributed by atoms with Gasteiger partial charge in [0, 0.05) is 10.8 Å². The minimum absolute atomic E-state index is 0.0898. The molecule has 210 valence electrons. The first-order valence-corrected chi connectivity index (χ1v) is 15.1. The van der Waals surface area contributed by atoms with Crippen LogP contribution >= 0.6 is 0 Å². The van der Waals surface area contributed by atoms with Crippen molar-refractivity contribution in [2.45, 2.75) is 0 Å². The summed E-state index contributed by atoms with van der Waals surface area (Å²) in [7, 11) is 0. The average Bonchev–Trinajstić information content (AvgIpc) is 3.52. The lowest BCUT2D eigenvalue weighted by atomic mass is 9.85. The topological polar surface area (TPSA) is 13.1 Å². The average molecular weight is 577 g/mol. The molecular weight excluding hydrogens is 544 g/mol. The van der Waals surface area contributed by atoms with Crippen molar-refractivity contribution in [1.82, 2.24) is 0 Å². The normalized spacial score (nSPS) is 12.8. The summed E-state index contributed by atoms with van der Waals surface area (Å²) in [5.41, 5.74) is 8.27. The van der Waals surface area contributed by atoms with E-state index in [1.807, 2.05) is 91.0 Å². The van der Waals surface area contributed by atoms with Crippen molar-refractivity contribution in [1.29, 1.82) is 0 Å². The summed E-state index contributed by atoms with van der Waals surface area (Å²) in [6.07, 6.45) is 0. The van der Waals surface area contributed by atoms with E-state index in [9.17, 15) is 1.37 Å². The zero-order valence-corrected chi connectivity index (χ0v) is 24.3. The van der Waals surface area contributed by atoms with Crippen molar-refractivity contribution in [3.8, 4) is 44.5 Å². The van der Waals surface area contributed by atoms with Crippen LogP contribution in [0.4, 0.5) is 0 Å². The zero-order chi connectivity index (χ0) is 33.2.